The number of amides is 3. The number of nitrogens with two attached hydrogens (primary N) is 2. The molecule has 5 aromatic carbocycles. The number of nitrogens with zero attached hydrogens (tertiary/aromatic N) is 1. The Kier molecular flexibility index (Phi) is 28.5. The van der Waals surface area contributed by atoms with Gasteiger partial charge in [0.15, 0.2) is 46.8 Å². The maximum atomic E-state index is 15.5. The van der Waals surface area contributed by atoms with Gasteiger partial charge in [-0.3, -0.25) is 38.4 Å². The maximum Gasteiger partial charge on any atom is 0.408 e. The lowest BCUT2D eigenvalue weighted by atomic mass is 9.44. The Morgan fingerprint density at radius 2 is 0.972 bits per heavy atom. The number of Topliss-reactive ketones (excluding diaryl/α,β-unsaturated/α-hetero) is 4. The van der Waals surface area contributed by atoms with E-state index in [0.717, 1.165) is 20.8 Å². The minimum Gasteiger partial charge on any atom is -0.456 e. The van der Waals surface area contributed by atoms with Crippen molar-refractivity contribution in [1.82, 2.24) is 20.9 Å². The van der Waals surface area contributed by atoms with Crippen molar-refractivity contribution >= 4 is 83.0 Å². The zero-order chi connectivity index (χ0) is 105. The van der Waals surface area contributed by atoms with E-state index in [4.69, 9.17) is 68.3 Å². The summed E-state index contributed by atoms with van der Waals surface area (Å²) in [6.07, 6.45) is -22.9. The van der Waals surface area contributed by atoms with Crippen molar-refractivity contribution in [3.63, 3.8) is 0 Å². The summed E-state index contributed by atoms with van der Waals surface area (Å²) < 4.78 is 70.6. The predicted octanol–water partition coefficient (Wildman–Crippen LogP) is 5.34. The average Bonchev–Trinajstić information content (AvgIpc) is 1.68. The predicted molar refractivity (Wildman–Crippen MR) is 501 cm³/mol. The Morgan fingerprint density at radius 3 is 1.38 bits per heavy atom. The largest absolute Gasteiger partial charge is 0.456 e. The van der Waals surface area contributed by atoms with Crippen LogP contribution >= 0.6 is 0 Å². The number of methoxy groups -OCH3 is 1. The molecule has 4 saturated carbocycles. The number of benzene rings is 5. The fourth-order valence-corrected chi connectivity index (χ4v) is 24.1. The second-order valence-corrected chi connectivity index (χ2v) is 41.4. The Bertz CT molecular complexity index is 6110. The molecule has 5 aliphatic heterocycles. The Balaban J connectivity index is 0.000000176. The number of hydrogen-bond acceptors (Lipinski definition) is 36. The van der Waals surface area contributed by atoms with Crippen LogP contribution in [0.25, 0.3) is 0 Å². The highest BCUT2D eigenvalue weighted by Crippen LogP contribution is 2.68. The molecule has 4 bridgehead atoms. The van der Waals surface area contributed by atoms with Gasteiger partial charge in [0.25, 0.3) is 5.91 Å². The topological polar surface area (TPSA) is 593 Å². The van der Waals surface area contributed by atoms with E-state index in [1.165, 1.54) is 66.0 Å². The number of alkyl carbamates (subject to hydrolysis) is 1. The molecule has 3 amide bonds. The SMILES string of the molecule is CC(=O)O[C@@]12COC1C[C@H](O)[C@@]1(C)C(=O)[C@H](O)C3=C(C)C(OC(=O)[C@H](O)C(NC(=O)OC(C)(C)C)c4ccccc4)C[C@@](O)([C@@H](OC(=O)c4ccccc4)[C@@H]12)C3(C)C.CC(=O)O[C@H]1C(=O)[C@@]2(C)C([C@H](OC(=O)c3ccccc3)[C@]3(O)C[C@H](OC(=O)[C@H](O)[C@@H](NC(=O)c4ccccc4)c4ccccc4)C(C)=C1C3(C)C)[C@]1(OC(C)=O)CO[C@@H]1C[C@@H]2O.CO[C@@]12[C@H](COC(N)=O)C3=C(C(=O)C(C)=C(N)C3=O)N1C[C@@H]1N[C@@H]12. The van der Waals surface area contributed by atoms with Crippen LogP contribution in [-0.2, 0) is 100.0 Å². The van der Waals surface area contributed by atoms with E-state index >= 15 is 4.79 Å². The number of ether oxygens (including phenoxy) is 12. The Morgan fingerprint density at radius 1 is 0.556 bits per heavy atom. The van der Waals surface area contributed by atoms with E-state index in [1.807, 2.05) is 4.90 Å². The van der Waals surface area contributed by atoms with Crippen LogP contribution in [0.15, 0.2) is 196 Å². The molecule has 17 rings (SSSR count). The molecule has 770 valence electrons. The average molecular weight is 2000 g/mol. The van der Waals surface area contributed by atoms with Gasteiger partial charge in [-0.2, -0.15) is 0 Å². The zero-order valence-corrected chi connectivity index (χ0v) is 82.4. The number of esters is 7. The molecule has 14 N–H and O–H groups in total. The summed E-state index contributed by atoms with van der Waals surface area (Å²) >= 11 is 0. The number of carbonyl (C=O) groups excluding carboxylic acids is 14. The van der Waals surface area contributed by atoms with Crippen molar-refractivity contribution in [2.24, 2.45) is 50.9 Å². The summed E-state index contributed by atoms with van der Waals surface area (Å²) in [6, 6.07) is 37.7. The molecule has 39 heteroatoms. The van der Waals surface area contributed by atoms with Gasteiger partial charge in [-0.05, 0) is 125 Å². The lowest BCUT2D eigenvalue weighted by molar-refractivity contribution is -0.346. The highest BCUT2D eigenvalue weighted by atomic mass is 16.7. The van der Waals surface area contributed by atoms with Gasteiger partial charge in [-0.25, -0.2) is 28.8 Å². The monoisotopic (exact) mass is 1990 g/mol. The molecule has 144 heavy (non-hydrogen) atoms. The van der Waals surface area contributed by atoms with Crippen molar-refractivity contribution in [3.8, 4) is 0 Å². The van der Waals surface area contributed by atoms with Gasteiger partial charge < -0.3 is 125 Å². The van der Waals surface area contributed by atoms with Crippen molar-refractivity contribution in [3.05, 3.63) is 224 Å². The van der Waals surface area contributed by atoms with E-state index in [9.17, 15) is 98.1 Å². The summed E-state index contributed by atoms with van der Waals surface area (Å²) in [6.45, 7) is 21.7. The van der Waals surface area contributed by atoms with E-state index in [-0.39, 0.29) is 106 Å². The molecule has 4 unspecified atom stereocenters. The van der Waals surface area contributed by atoms with Gasteiger partial charge >= 0.3 is 54.0 Å². The number of primary amides is 1. The number of aliphatic hydroxyl groups excluding tert-OH is 5. The van der Waals surface area contributed by atoms with Crippen LogP contribution in [0.4, 0.5) is 9.59 Å². The van der Waals surface area contributed by atoms with E-state index < -0.39 is 249 Å². The van der Waals surface area contributed by atoms with E-state index in [0.29, 0.717) is 23.4 Å². The van der Waals surface area contributed by atoms with Gasteiger partial charge in [-0.1, -0.05) is 143 Å². The fraction of sp³-hybridized carbons (Fsp3) is 0.505. The van der Waals surface area contributed by atoms with Crippen LogP contribution in [0.3, 0.4) is 0 Å². The molecule has 7 aliphatic carbocycles. The van der Waals surface area contributed by atoms with Crippen LogP contribution < -0.4 is 27.4 Å². The molecule has 0 spiro atoms. The number of hydrogen-bond donors (Lipinski definition) is 12. The first-order chi connectivity index (χ1) is 67.6. The van der Waals surface area contributed by atoms with Crippen molar-refractivity contribution in [2.75, 3.05) is 33.5 Å². The summed E-state index contributed by atoms with van der Waals surface area (Å²) in [4.78, 5) is 191. The fourth-order valence-electron chi connectivity index (χ4n) is 24.1. The van der Waals surface area contributed by atoms with Gasteiger partial charge in [0.1, 0.15) is 66.1 Å². The molecule has 5 heterocycles. The standard InChI is InChI=1S/C47H51NO14.C43H53NO14.C15H18N4O5/c1-25-31(60-43(56)36(52)35(28-16-10-7-11-17-28)48-41(54)29-18-12-8-13-19-29)23-47(57)40(61-42(55)30-20-14-9-15-21-30)38-45(6,32(51)22-33-46(38,24-58-33)62-27(3)50)39(53)37(59-26(2)49)34(25)44(47,4)5;1-22-26(55-37(51)32(48)30(24-15-11-9-12-16-24)44-38(52)58-39(3,4)5)20-43(53)35(56-36(50)25-17-13-10-14-18-25)33-41(8,34(49)31(47)29(22)40(43,6)7)27(46)19-28-42(33,21-54-28)57-23(2)45;1-5-9(16)12(21)8-6(4-24-14(17)22)15(23-2)13-7(18-13)3-19(15)10(8)11(5)20/h7-21,31-33,35-38,40,51-52,57H,22-24H2,1-6H3,(H,48,54);9-18,26-28,30-33,35,46-48,53H,19-21H2,1-8H3,(H,44,52);6-7,13,18H,3-4,16H2,1-2H3,(H2,17,22)/t31-,32-,33+,35-,36+,37+,38?,40-,45+,46-,47+;26?,27-,28?,30?,31+,32+,33-,35-,41+,42-,43+;6-,7+,13+,15-/m001/s1. The molecular formula is C105H122N6O33. The van der Waals surface area contributed by atoms with Crippen LogP contribution in [-0.4, -0.2) is 276 Å². The Labute approximate surface area is 828 Å². The highest BCUT2D eigenvalue weighted by molar-refractivity contribution is 6.25. The quantitative estimate of drug-likeness (QED) is 0.0145. The molecule has 0 aromatic heterocycles. The third-order valence-electron chi connectivity index (χ3n) is 31.5. The number of allylic oxidation sites excluding steroid dienone is 2. The summed E-state index contributed by atoms with van der Waals surface area (Å²) in [5.74, 6) is -13.5. The second-order valence-electron chi connectivity index (χ2n) is 41.4. The van der Waals surface area contributed by atoms with Crippen LogP contribution in [0.1, 0.15) is 184 Å². The Hall–Kier alpha value is -12.8. The first-order valence-corrected chi connectivity index (χ1v) is 47.5. The number of fused-ring (bicyclic) bond motifs is 14. The maximum absolute atomic E-state index is 15.5. The van der Waals surface area contributed by atoms with Crippen molar-refractivity contribution in [1.29, 1.82) is 0 Å². The third-order valence-corrected chi connectivity index (χ3v) is 31.5. The van der Waals surface area contributed by atoms with Crippen LogP contribution in [0.2, 0.25) is 0 Å². The summed E-state index contributed by atoms with van der Waals surface area (Å²) in [5, 5.41) is 95.1. The van der Waals surface area contributed by atoms with Crippen LogP contribution in [0, 0.1) is 39.4 Å². The van der Waals surface area contributed by atoms with E-state index in [2.05, 4.69) is 16.0 Å². The minimum atomic E-state index is -2.39. The number of ketones is 4. The highest BCUT2D eigenvalue weighted by Gasteiger charge is 2.81. The zero-order valence-electron chi connectivity index (χ0n) is 82.4. The molecule has 8 fully saturated rings. The van der Waals surface area contributed by atoms with Gasteiger partial charge in [0.2, 0.25) is 11.6 Å². The summed E-state index contributed by atoms with van der Waals surface area (Å²) in [7, 11) is 1.52. The smallest absolute Gasteiger partial charge is 0.408 e. The van der Waals surface area contributed by atoms with Gasteiger partial charge in [0, 0.05) is 93.7 Å². The first-order valence-electron chi connectivity index (χ1n) is 47.5. The number of nitrogens with one attached hydrogen (secondary N) is 3. The lowest BCUT2D eigenvalue weighted by Gasteiger charge is -2.67. The molecular weight excluding hydrogens is 1870 g/mol. The lowest BCUT2D eigenvalue weighted by Crippen LogP contribution is -2.82. The van der Waals surface area contributed by atoms with Crippen molar-refractivity contribution < 1.29 is 160 Å². The molecule has 5 aromatic rings. The first kappa shape index (κ1) is 105. The molecule has 4 saturated heterocycles. The third kappa shape index (κ3) is 17.7. The summed E-state index contributed by atoms with van der Waals surface area (Å²) in [5.41, 5.74) is -4.48. The number of piperazine rings is 1. The second kappa shape index (κ2) is 39.0. The molecule has 12 aliphatic rings. The minimum absolute atomic E-state index is 0.00289. The number of carbonyl (C=O) groups is 14. The van der Waals surface area contributed by atoms with Crippen LogP contribution in [0.5, 0.6) is 0 Å². The molecule has 0 radical (unpaired) electrons. The molecule has 39 nitrogen and oxygen atoms in total. The van der Waals surface area contributed by atoms with Gasteiger partial charge in [-0.15, -0.1) is 0 Å². The van der Waals surface area contributed by atoms with Gasteiger partial charge in [0.05, 0.1) is 94.7 Å². The number of rotatable bonds is 21. The number of aliphatic hydroxyl groups is 7. The molecule has 26 atom stereocenters. The van der Waals surface area contributed by atoms with E-state index in [1.54, 1.807) is 176 Å². The normalized spacial score (nSPS) is 33.4. The van der Waals surface area contributed by atoms with Crippen molar-refractivity contribution in [2.45, 2.75) is 261 Å².